The third-order valence-corrected chi connectivity index (χ3v) is 18.3. The first-order valence-electron chi connectivity index (χ1n) is 27.0. The van der Waals surface area contributed by atoms with Crippen molar-refractivity contribution < 1.29 is 37.3 Å². The molecule has 0 heterocycles. The number of benzene rings is 6. The van der Waals surface area contributed by atoms with Gasteiger partial charge in [-0.15, -0.1) is 23.5 Å². The average molecular weight is 1070 g/mol. The Hall–Kier alpha value is -5.58. The van der Waals surface area contributed by atoms with Gasteiger partial charge in [0.05, 0.1) is 41.3 Å². The van der Waals surface area contributed by atoms with Crippen LogP contribution >= 0.6 is 23.5 Å². The van der Waals surface area contributed by atoms with Crippen LogP contribution in [0, 0.1) is 22.5 Å². The summed E-state index contributed by atoms with van der Waals surface area (Å²) in [7, 11) is 6.11. The van der Waals surface area contributed by atoms with Gasteiger partial charge in [-0.2, -0.15) is 0 Å². The molecule has 404 valence electrons. The van der Waals surface area contributed by atoms with Gasteiger partial charge in [-0.25, -0.2) is 8.78 Å². The summed E-state index contributed by atoms with van der Waals surface area (Å²) in [5.41, 5.74) is 10.7. The van der Waals surface area contributed by atoms with Gasteiger partial charge in [-0.1, -0.05) is 115 Å². The Kier molecular flexibility index (Phi) is 20.4. The van der Waals surface area contributed by atoms with E-state index in [2.05, 4.69) is 126 Å². The molecule has 6 nitrogen and oxygen atoms in total. The van der Waals surface area contributed by atoms with Gasteiger partial charge in [0.15, 0.2) is 0 Å². The van der Waals surface area contributed by atoms with Crippen LogP contribution in [-0.4, -0.2) is 40.4 Å². The number of methoxy groups -OCH3 is 4. The molecule has 0 amide bonds. The first-order valence-corrected chi connectivity index (χ1v) is 29.0. The lowest BCUT2D eigenvalue weighted by Gasteiger charge is -2.30. The molecule has 8 rings (SSSR count). The van der Waals surface area contributed by atoms with Gasteiger partial charge in [-0.05, 0) is 178 Å². The number of esters is 2. The van der Waals surface area contributed by atoms with Crippen molar-refractivity contribution >= 4 is 35.5 Å². The van der Waals surface area contributed by atoms with Gasteiger partial charge >= 0.3 is 11.9 Å². The molecule has 4 atom stereocenters. The molecule has 0 radical (unpaired) electrons. The Morgan fingerprint density at radius 3 is 1.29 bits per heavy atom. The summed E-state index contributed by atoms with van der Waals surface area (Å²) >= 11 is 3.58. The summed E-state index contributed by atoms with van der Waals surface area (Å²) < 4.78 is 50.8. The van der Waals surface area contributed by atoms with Crippen molar-refractivity contribution in [3.8, 4) is 33.8 Å². The highest BCUT2D eigenvalue weighted by Crippen LogP contribution is 2.53. The molecule has 0 bridgehead atoms. The lowest BCUT2D eigenvalue weighted by atomic mass is 9.75. The number of carbonyl (C=O) groups is 2. The summed E-state index contributed by atoms with van der Waals surface area (Å²) in [5, 5.41) is 0. The zero-order valence-electron chi connectivity index (χ0n) is 46.4. The fourth-order valence-electron chi connectivity index (χ4n) is 11.6. The summed E-state index contributed by atoms with van der Waals surface area (Å²) in [6.07, 6.45) is 9.50. The Morgan fingerprint density at radius 1 is 0.539 bits per heavy atom. The number of rotatable bonds is 20. The summed E-state index contributed by atoms with van der Waals surface area (Å²) in [5.74, 6) is 3.21. The number of carbonyl (C=O) groups excluding carboxylic acids is 2. The highest BCUT2D eigenvalue weighted by molar-refractivity contribution is 7.98. The van der Waals surface area contributed by atoms with Crippen LogP contribution in [0.4, 0.5) is 8.78 Å². The van der Waals surface area contributed by atoms with Crippen molar-refractivity contribution in [2.45, 2.75) is 151 Å². The number of hydrogen-bond acceptors (Lipinski definition) is 8. The maximum Gasteiger partial charge on any atom is 0.306 e. The third-order valence-electron chi connectivity index (χ3n) is 16.2. The van der Waals surface area contributed by atoms with Gasteiger partial charge < -0.3 is 18.9 Å². The monoisotopic (exact) mass is 1070 g/mol. The van der Waals surface area contributed by atoms with Gasteiger partial charge in [0.25, 0.3) is 0 Å². The van der Waals surface area contributed by atoms with Crippen LogP contribution in [0.3, 0.4) is 0 Å². The van der Waals surface area contributed by atoms with E-state index in [9.17, 15) is 9.59 Å². The second-order valence-electron chi connectivity index (χ2n) is 21.9. The Labute approximate surface area is 460 Å². The van der Waals surface area contributed by atoms with E-state index in [0.29, 0.717) is 47.3 Å². The lowest BCUT2D eigenvalue weighted by Crippen LogP contribution is -2.16. The number of hydrogen-bond donors (Lipinski definition) is 0. The largest absolute Gasteiger partial charge is 0.497 e. The van der Waals surface area contributed by atoms with E-state index in [1.54, 1.807) is 49.9 Å². The lowest BCUT2D eigenvalue weighted by molar-refractivity contribution is -0.142. The van der Waals surface area contributed by atoms with Crippen LogP contribution in [0.5, 0.6) is 11.5 Å². The van der Waals surface area contributed by atoms with E-state index in [0.717, 1.165) is 48.3 Å². The van der Waals surface area contributed by atoms with Crippen LogP contribution in [0.1, 0.15) is 163 Å². The average Bonchev–Trinajstić information content (AvgIpc) is 4.00. The Morgan fingerprint density at radius 2 is 0.947 bits per heavy atom. The molecule has 10 heteroatoms. The van der Waals surface area contributed by atoms with Crippen LogP contribution < -0.4 is 9.47 Å². The molecule has 0 unspecified atom stereocenters. The molecule has 0 aromatic heterocycles. The maximum absolute atomic E-state index is 15.1. The molecule has 6 aromatic rings. The molecule has 0 N–H and O–H groups in total. The third kappa shape index (κ3) is 14.5. The molecule has 2 aliphatic carbocycles. The normalized spacial score (nSPS) is 17.3. The molecular formula is C66H78F2O6S2. The van der Waals surface area contributed by atoms with Crippen molar-refractivity contribution in [1.29, 1.82) is 0 Å². The fourth-order valence-corrected chi connectivity index (χ4v) is 13.4. The Balaban J connectivity index is 0.000000221. The number of halogens is 2. The molecule has 0 spiro atoms. The molecule has 6 aromatic carbocycles. The standard InChI is InChI=1S/2C33H39FO3S/c2*1-6-23(19-32(35)37-5)24-9-7-10-26(18-24)38-21-22-12-14-27(29-20-25(36-4)13-15-31(29)34)28(17-22)30-11-8-16-33(30,2)3/h2*7,9-10,12-15,17-18,20,23,30H,6,8,11,16,19,21H2,1-5H3/t23-,30+;23-,30-/m00/s1. The van der Waals surface area contributed by atoms with Crippen LogP contribution in [0.2, 0.25) is 0 Å². The summed E-state index contributed by atoms with van der Waals surface area (Å²) in [4.78, 5) is 26.1. The number of thioether (sulfide) groups is 2. The van der Waals surface area contributed by atoms with Gasteiger partial charge in [0.1, 0.15) is 23.1 Å². The second-order valence-corrected chi connectivity index (χ2v) is 24.0. The van der Waals surface area contributed by atoms with Crippen molar-refractivity contribution in [1.82, 2.24) is 0 Å². The zero-order valence-corrected chi connectivity index (χ0v) is 48.0. The number of ether oxygens (including phenoxy) is 4. The predicted octanol–water partition coefficient (Wildman–Crippen LogP) is 18.3. The minimum Gasteiger partial charge on any atom is -0.497 e. The highest BCUT2D eigenvalue weighted by atomic mass is 32.2. The molecular weight excluding hydrogens is 991 g/mol. The fraction of sp³-hybridized carbons (Fsp3) is 0.424. The van der Waals surface area contributed by atoms with E-state index in [1.165, 1.54) is 95.2 Å². The molecule has 2 aliphatic rings. The van der Waals surface area contributed by atoms with Crippen molar-refractivity contribution in [2.24, 2.45) is 10.8 Å². The topological polar surface area (TPSA) is 71.1 Å². The van der Waals surface area contributed by atoms with Crippen molar-refractivity contribution in [3.05, 3.63) is 166 Å². The SMILES string of the molecule is CC[C@@H](CC(=O)OC)c1cccc(SCc2ccc(-c3cc(OC)ccc3F)c([C@@H]3CCCC3(C)C)c2)c1.CC[C@@H](CC(=O)OC)c1cccc(SCc2ccc(-c3cc(OC)ccc3F)c([C@H]3CCCC3(C)C)c2)c1. The summed E-state index contributed by atoms with van der Waals surface area (Å²) in [6, 6.07) is 40.0. The van der Waals surface area contributed by atoms with Crippen LogP contribution in [0.15, 0.2) is 131 Å². The smallest absolute Gasteiger partial charge is 0.306 e. The van der Waals surface area contributed by atoms with Gasteiger partial charge in [-0.3, -0.25) is 9.59 Å². The first-order chi connectivity index (χ1) is 36.5. The van der Waals surface area contributed by atoms with E-state index in [-0.39, 0.29) is 46.2 Å². The van der Waals surface area contributed by atoms with Crippen molar-refractivity contribution in [3.63, 3.8) is 0 Å². The molecule has 2 fully saturated rings. The maximum atomic E-state index is 15.1. The van der Waals surface area contributed by atoms with Crippen LogP contribution in [-0.2, 0) is 30.6 Å². The summed E-state index contributed by atoms with van der Waals surface area (Å²) in [6.45, 7) is 13.5. The molecule has 2 saturated carbocycles. The predicted molar refractivity (Wildman–Crippen MR) is 309 cm³/mol. The van der Waals surface area contributed by atoms with Crippen molar-refractivity contribution in [2.75, 3.05) is 28.4 Å². The quantitative estimate of drug-likeness (QED) is 0.0553. The zero-order chi connectivity index (χ0) is 54.6. The van der Waals surface area contributed by atoms with Gasteiger partial charge in [0, 0.05) is 32.4 Å². The molecule has 0 aliphatic heterocycles. The second kappa shape index (κ2) is 26.7. The van der Waals surface area contributed by atoms with Gasteiger partial charge in [0.2, 0.25) is 0 Å². The minimum absolute atomic E-state index is 0.149. The van der Waals surface area contributed by atoms with E-state index in [4.69, 9.17) is 18.9 Å². The van der Waals surface area contributed by atoms with Crippen LogP contribution in [0.25, 0.3) is 22.3 Å². The Bertz CT molecular complexity index is 2730. The molecule has 0 saturated heterocycles. The first kappa shape index (κ1) is 58.1. The van der Waals surface area contributed by atoms with E-state index >= 15 is 8.78 Å². The molecule has 76 heavy (non-hydrogen) atoms. The van der Waals surface area contributed by atoms with E-state index < -0.39 is 0 Å². The van der Waals surface area contributed by atoms with E-state index in [1.807, 2.05) is 12.1 Å². The minimum atomic E-state index is -0.223. The highest BCUT2D eigenvalue weighted by Gasteiger charge is 2.38.